The SMILES string of the molecule is CC1=C\C(O[Si](C)(C)C(C)(C)C)C[C@@H](F)Cc2nc(co2)C(=O)N2CCC[C@@H]2C(=O)OC(C(C)C)[C@H](CCOCc2ccccc2)/C=C/C(=O)NC\C=C\1. The van der Waals surface area contributed by atoms with Gasteiger partial charge in [-0.15, -0.1) is 0 Å². The van der Waals surface area contributed by atoms with E-state index in [1.165, 1.54) is 17.2 Å². The minimum atomic E-state index is -2.28. The molecule has 4 rings (SSSR count). The molecule has 1 saturated heterocycles. The normalized spacial score (nSPS) is 26.4. The molecule has 3 heterocycles. The van der Waals surface area contributed by atoms with Gasteiger partial charge in [0, 0.05) is 32.0 Å². The number of nitrogens with one attached hydrogen (secondary N) is 1. The van der Waals surface area contributed by atoms with Gasteiger partial charge in [0.25, 0.3) is 5.91 Å². The number of esters is 1. The Morgan fingerprint density at radius 2 is 1.85 bits per heavy atom. The molecule has 1 aromatic heterocycles. The summed E-state index contributed by atoms with van der Waals surface area (Å²) in [6.07, 6.45) is 9.18. The minimum absolute atomic E-state index is 0.0213. The number of ether oxygens (including phenoxy) is 2. The van der Waals surface area contributed by atoms with Crippen molar-refractivity contribution in [2.45, 2.75) is 123 Å². The van der Waals surface area contributed by atoms with Crippen molar-refractivity contribution in [1.29, 1.82) is 0 Å². The lowest BCUT2D eigenvalue weighted by atomic mass is 9.90. The molecule has 2 amide bonds. The molecule has 0 saturated carbocycles. The highest BCUT2D eigenvalue weighted by atomic mass is 28.4. The number of alkyl halides is 1. The smallest absolute Gasteiger partial charge is 0.329 e. The average Bonchev–Trinajstić information content (AvgIpc) is 3.78. The number of benzene rings is 1. The van der Waals surface area contributed by atoms with E-state index in [4.69, 9.17) is 18.3 Å². The van der Waals surface area contributed by atoms with Crippen molar-refractivity contribution in [1.82, 2.24) is 15.2 Å². The van der Waals surface area contributed by atoms with Gasteiger partial charge in [0.15, 0.2) is 19.9 Å². The average molecular weight is 766 g/mol. The Bertz CT molecular complexity index is 1630. The zero-order valence-corrected chi connectivity index (χ0v) is 34.3. The van der Waals surface area contributed by atoms with Gasteiger partial charge in [0.1, 0.15) is 24.6 Å². The molecule has 1 N–H and O–H groups in total. The molecule has 2 aliphatic rings. The van der Waals surface area contributed by atoms with Crippen LogP contribution in [0.15, 0.2) is 77.0 Å². The maximum Gasteiger partial charge on any atom is 0.329 e. The van der Waals surface area contributed by atoms with E-state index in [2.05, 4.69) is 44.2 Å². The van der Waals surface area contributed by atoms with E-state index in [0.29, 0.717) is 39.0 Å². The Hall–Kier alpha value is -3.87. The number of halogens is 1. The van der Waals surface area contributed by atoms with E-state index in [-0.39, 0.29) is 53.8 Å². The zero-order chi connectivity index (χ0) is 39.5. The molecule has 0 radical (unpaired) electrons. The van der Waals surface area contributed by atoms with E-state index in [1.807, 2.05) is 69.3 Å². The number of carbonyl (C=O) groups is 3. The highest BCUT2D eigenvalue weighted by Gasteiger charge is 2.41. The molecule has 0 aliphatic carbocycles. The van der Waals surface area contributed by atoms with Gasteiger partial charge in [-0.05, 0) is 61.9 Å². The lowest BCUT2D eigenvalue weighted by molar-refractivity contribution is -0.158. The molecule has 1 aromatic carbocycles. The van der Waals surface area contributed by atoms with Crippen LogP contribution in [-0.2, 0) is 36.5 Å². The number of allylic oxidation sites excluding steroid dienone is 2. The van der Waals surface area contributed by atoms with Gasteiger partial charge in [-0.2, -0.15) is 0 Å². The summed E-state index contributed by atoms with van der Waals surface area (Å²) in [5.74, 6) is -1.61. The predicted octanol–water partition coefficient (Wildman–Crippen LogP) is 7.92. The van der Waals surface area contributed by atoms with Crippen molar-refractivity contribution in [2.24, 2.45) is 11.8 Å². The van der Waals surface area contributed by atoms with Crippen LogP contribution < -0.4 is 5.32 Å². The quantitative estimate of drug-likeness (QED) is 0.164. The summed E-state index contributed by atoms with van der Waals surface area (Å²) in [6.45, 7) is 18.0. The number of aromatic nitrogens is 1. The molecule has 296 valence electrons. The van der Waals surface area contributed by atoms with Crippen LogP contribution in [-0.4, -0.2) is 80.1 Å². The molecular weight excluding hydrogens is 706 g/mol. The van der Waals surface area contributed by atoms with Crippen molar-refractivity contribution in [3.63, 3.8) is 0 Å². The largest absolute Gasteiger partial charge is 0.460 e. The number of nitrogens with zero attached hydrogens (tertiary/aromatic N) is 2. The lowest BCUT2D eigenvalue weighted by Crippen LogP contribution is -2.44. The number of hydrogen-bond acceptors (Lipinski definition) is 8. The molecule has 0 spiro atoms. The topological polar surface area (TPSA) is 120 Å². The van der Waals surface area contributed by atoms with Gasteiger partial charge < -0.3 is 28.5 Å². The molecule has 2 aliphatic heterocycles. The summed E-state index contributed by atoms with van der Waals surface area (Å²) < 4.78 is 40.2. The standard InChI is InChI=1S/C42H60FN3O7Si/c1-29(2)39-32(20-23-50-27-31-15-10-9-11-16-31)18-19-37(47)44-21-12-14-30(3)24-34(53-54(7,8)42(4,5)6)25-33(43)26-38-45-35(28-51-38)40(48)46-22-13-17-36(46)41(49)52-39/h9-12,14-16,18-19,24,28-29,32-34,36,39H,13,17,20-23,25-27H2,1-8H3,(H,44,47)/b14-12+,19-18+,30-24+/t32-,33+,34?,36+,39?/m0/s1. The maximum absolute atomic E-state index is 15.7. The fraction of sp³-hybridized carbons (Fsp3) is 0.571. The summed E-state index contributed by atoms with van der Waals surface area (Å²) in [4.78, 5) is 46.4. The van der Waals surface area contributed by atoms with Crippen molar-refractivity contribution in [3.05, 3.63) is 89.7 Å². The highest BCUT2D eigenvalue weighted by Crippen LogP contribution is 2.38. The number of fused-ring (bicyclic) bond motifs is 3. The first-order chi connectivity index (χ1) is 25.5. The molecule has 10 nitrogen and oxygen atoms in total. The number of amides is 2. The summed E-state index contributed by atoms with van der Waals surface area (Å²) in [7, 11) is -2.28. The van der Waals surface area contributed by atoms with Crippen LogP contribution in [0.25, 0.3) is 0 Å². The second-order valence-electron chi connectivity index (χ2n) is 16.3. The van der Waals surface area contributed by atoms with Crippen molar-refractivity contribution >= 4 is 26.1 Å². The van der Waals surface area contributed by atoms with E-state index < -0.39 is 44.6 Å². The molecule has 5 atom stereocenters. The first-order valence-corrected chi connectivity index (χ1v) is 22.1. The van der Waals surface area contributed by atoms with Gasteiger partial charge in [-0.1, -0.05) is 94.8 Å². The Kier molecular flexibility index (Phi) is 15.6. The summed E-state index contributed by atoms with van der Waals surface area (Å²) in [5.41, 5.74) is 1.94. The third kappa shape index (κ3) is 12.6. The lowest BCUT2D eigenvalue weighted by Gasteiger charge is -2.39. The zero-order valence-electron chi connectivity index (χ0n) is 33.3. The number of rotatable bonds is 8. The van der Waals surface area contributed by atoms with E-state index >= 15 is 4.39 Å². The second-order valence-corrected chi connectivity index (χ2v) is 21.0. The van der Waals surface area contributed by atoms with Crippen LogP contribution in [0, 0.1) is 11.8 Å². The molecule has 1 fully saturated rings. The molecule has 2 bridgehead atoms. The van der Waals surface area contributed by atoms with Gasteiger partial charge in [-0.25, -0.2) is 14.2 Å². The third-order valence-electron chi connectivity index (χ3n) is 10.4. The Labute approximate surface area is 321 Å². The van der Waals surface area contributed by atoms with E-state index in [0.717, 1.165) is 11.1 Å². The first kappa shape index (κ1) is 42.9. The number of hydrogen-bond donors (Lipinski definition) is 1. The summed E-state index contributed by atoms with van der Waals surface area (Å²) >= 11 is 0. The van der Waals surface area contributed by atoms with Crippen molar-refractivity contribution in [2.75, 3.05) is 19.7 Å². The Balaban J connectivity index is 1.61. The van der Waals surface area contributed by atoms with Crippen LogP contribution in [0.5, 0.6) is 0 Å². The third-order valence-corrected chi connectivity index (χ3v) is 15.0. The Morgan fingerprint density at radius 3 is 2.56 bits per heavy atom. The van der Waals surface area contributed by atoms with E-state index in [9.17, 15) is 14.4 Å². The first-order valence-electron chi connectivity index (χ1n) is 19.2. The van der Waals surface area contributed by atoms with Gasteiger partial charge in [0.2, 0.25) is 5.91 Å². The minimum Gasteiger partial charge on any atom is -0.460 e. The molecule has 54 heavy (non-hydrogen) atoms. The number of cyclic esters (lactones) is 1. The molecule has 12 heteroatoms. The molecular formula is C42H60FN3O7Si. The van der Waals surface area contributed by atoms with Crippen LogP contribution in [0.4, 0.5) is 4.39 Å². The Morgan fingerprint density at radius 1 is 1.11 bits per heavy atom. The van der Waals surface area contributed by atoms with Crippen LogP contribution in [0.1, 0.15) is 89.2 Å². The van der Waals surface area contributed by atoms with Crippen LogP contribution in [0.2, 0.25) is 18.1 Å². The predicted molar refractivity (Wildman–Crippen MR) is 210 cm³/mol. The van der Waals surface area contributed by atoms with Gasteiger partial charge in [-0.3, -0.25) is 9.59 Å². The maximum atomic E-state index is 15.7. The van der Waals surface area contributed by atoms with E-state index in [1.54, 1.807) is 6.08 Å². The summed E-state index contributed by atoms with van der Waals surface area (Å²) in [6, 6.07) is 9.04. The van der Waals surface area contributed by atoms with Gasteiger partial charge >= 0.3 is 5.97 Å². The fourth-order valence-electron chi connectivity index (χ4n) is 6.44. The summed E-state index contributed by atoms with van der Waals surface area (Å²) in [5, 5.41) is 2.81. The van der Waals surface area contributed by atoms with Crippen molar-refractivity contribution in [3.8, 4) is 0 Å². The van der Waals surface area contributed by atoms with Crippen LogP contribution >= 0.6 is 0 Å². The number of oxazole rings is 1. The monoisotopic (exact) mass is 765 g/mol. The fourth-order valence-corrected chi connectivity index (χ4v) is 7.72. The number of carbonyl (C=O) groups excluding carboxylic acids is 3. The van der Waals surface area contributed by atoms with Crippen molar-refractivity contribution < 1.29 is 37.1 Å². The molecule has 2 aromatic rings. The second kappa shape index (κ2) is 19.6. The highest BCUT2D eigenvalue weighted by molar-refractivity contribution is 6.74. The van der Waals surface area contributed by atoms with Crippen LogP contribution in [0.3, 0.4) is 0 Å². The molecule has 2 unspecified atom stereocenters. The van der Waals surface area contributed by atoms with Gasteiger partial charge in [0.05, 0.1) is 19.1 Å².